The molecule has 5 rings (SSSR count). The highest BCUT2D eigenvalue weighted by atomic mass is 16.5. The summed E-state index contributed by atoms with van der Waals surface area (Å²) in [5, 5.41) is 9.07. The number of nitrogens with one attached hydrogen (secondary N) is 4. The van der Waals surface area contributed by atoms with Gasteiger partial charge < -0.3 is 25.3 Å². The van der Waals surface area contributed by atoms with Gasteiger partial charge in [0.25, 0.3) is 0 Å². The number of aromatic nitrogens is 4. The van der Waals surface area contributed by atoms with Crippen LogP contribution in [0.3, 0.4) is 0 Å². The molecule has 0 unspecified atom stereocenters. The fourth-order valence-corrected chi connectivity index (χ4v) is 3.80. The summed E-state index contributed by atoms with van der Waals surface area (Å²) in [5.41, 5.74) is 5.67. The highest BCUT2D eigenvalue weighted by Crippen LogP contribution is 2.25. The van der Waals surface area contributed by atoms with Crippen molar-refractivity contribution in [1.29, 1.82) is 0 Å². The van der Waals surface area contributed by atoms with Gasteiger partial charge in [-0.3, -0.25) is 0 Å². The van der Waals surface area contributed by atoms with E-state index in [4.69, 9.17) is 4.74 Å². The van der Waals surface area contributed by atoms with Gasteiger partial charge in [0.05, 0.1) is 7.11 Å². The maximum atomic E-state index is 5.35. The molecule has 0 aliphatic carbocycles. The molecule has 7 heteroatoms. The van der Waals surface area contributed by atoms with Gasteiger partial charge in [-0.15, -0.1) is 0 Å². The van der Waals surface area contributed by atoms with Crippen LogP contribution in [-0.4, -0.2) is 33.6 Å². The number of hydrogen-bond donors (Lipinski definition) is 4. The molecule has 0 fully saturated rings. The van der Waals surface area contributed by atoms with E-state index in [0.717, 1.165) is 41.3 Å². The number of fused-ring (bicyclic) bond motifs is 2. The topological polar surface area (TPSA) is 90.6 Å². The van der Waals surface area contributed by atoms with E-state index >= 15 is 0 Å². The van der Waals surface area contributed by atoms with Gasteiger partial charge in [-0.25, -0.2) is 4.98 Å². The Morgan fingerprint density at radius 3 is 2.71 bits per heavy atom. The highest BCUT2D eigenvalue weighted by Gasteiger charge is 2.07. The van der Waals surface area contributed by atoms with E-state index < -0.39 is 0 Å². The van der Waals surface area contributed by atoms with Gasteiger partial charge in [0.2, 0.25) is 5.95 Å². The highest BCUT2D eigenvalue weighted by molar-refractivity contribution is 5.87. The molecule has 31 heavy (non-hydrogen) atoms. The van der Waals surface area contributed by atoms with Crippen LogP contribution in [0.15, 0.2) is 61.1 Å². The molecule has 0 atom stereocenters. The summed E-state index contributed by atoms with van der Waals surface area (Å²) in [6, 6.07) is 14.2. The third-order valence-electron chi connectivity index (χ3n) is 5.47. The van der Waals surface area contributed by atoms with Crippen LogP contribution in [0.1, 0.15) is 11.1 Å². The minimum Gasteiger partial charge on any atom is -0.497 e. The predicted octanol–water partition coefficient (Wildman–Crippen LogP) is 5.15. The third-order valence-corrected chi connectivity index (χ3v) is 5.47. The summed E-state index contributed by atoms with van der Waals surface area (Å²) in [5.74, 6) is 2.21. The molecule has 4 N–H and O–H groups in total. The Balaban J connectivity index is 1.25. The van der Waals surface area contributed by atoms with Gasteiger partial charge in [0.15, 0.2) is 0 Å². The van der Waals surface area contributed by atoms with Crippen molar-refractivity contribution in [1.82, 2.24) is 19.9 Å². The van der Waals surface area contributed by atoms with Gasteiger partial charge in [0.1, 0.15) is 11.6 Å². The predicted molar refractivity (Wildman–Crippen MR) is 125 cm³/mol. The minimum absolute atomic E-state index is 0.598. The monoisotopic (exact) mass is 412 g/mol. The summed E-state index contributed by atoms with van der Waals surface area (Å²) in [6.45, 7) is 2.82. The largest absolute Gasteiger partial charge is 0.497 e. The molecule has 156 valence electrons. The number of H-pyrrole nitrogens is 2. The summed E-state index contributed by atoms with van der Waals surface area (Å²) in [6.07, 6.45) is 6.67. The van der Waals surface area contributed by atoms with E-state index in [2.05, 4.69) is 55.7 Å². The Hall–Kier alpha value is -4.00. The van der Waals surface area contributed by atoms with E-state index in [9.17, 15) is 0 Å². The number of benzene rings is 2. The first kappa shape index (κ1) is 19.0. The van der Waals surface area contributed by atoms with Crippen molar-refractivity contribution in [3.8, 4) is 5.75 Å². The fraction of sp³-hybridized carbons (Fsp3) is 0.167. The van der Waals surface area contributed by atoms with Crippen LogP contribution in [0.2, 0.25) is 0 Å². The van der Waals surface area contributed by atoms with Crippen molar-refractivity contribution < 1.29 is 4.74 Å². The molecule has 0 bridgehead atoms. The molecule has 0 radical (unpaired) electrons. The molecule has 0 aliphatic heterocycles. The minimum atomic E-state index is 0.598. The van der Waals surface area contributed by atoms with Crippen LogP contribution in [0.25, 0.3) is 21.8 Å². The second kappa shape index (κ2) is 8.02. The number of nitrogens with zero attached hydrogens (tertiary/aromatic N) is 2. The van der Waals surface area contributed by atoms with Gasteiger partial charge in [0, 0.05) is 52.6 Å². The Morgan fingerprint density at radius 2 is 1.81 bits per heavy atom. The van der Waals surface area contributed by atoms with E-state index in [1.165, 1.54) is 21.9 Å². The molecule has 0 spiro atoms. The number of anilines is 3. The summed E-state index contributed by atoms with van der Waals surface area (Å²) < 4.78 is 5.35. The van der Waals surface area contributed by atoms with E-state index in [-0.39, 0.29) is 0 Å². The van der Waals surface area contributed by atoms with Gasteiger partial charge >= 0.3 is 0 Å². The standard InChI is InChI=1S/C24H24N6O/c1-15-13-27-21-5-3-17(11-19(15)21)29-23-8-10-26-24(30-23)25-9-7-16-14-28-22-6-4-18(31-2)12-20(16)22/h3-6,8,10-14,27-28H,7,9H2,1-2H3,(H2,25,26,29,30). The second-order valence-electron chi connectivity index (χ2n) is 7.52. The summed E-state index contributed by atoms with van der Waals surface area (Å²) >= 11 is 0. The van der Waals surface area contributed by atoms with E-state index in [0.29, 0.717) is 5.95 Å². The van der Waals surface area contributed by atoms with Crippen LogP contribution in [0.5, 0.6) is 5.75 Å². The zero-order valence-electron chi connectivity index (χ0n) is 17.5. The van der Waals surface area contributed by atoms with Crippen LogP contribution in [0, 0.1) is 6.92 Å². The van der Waals surface area contributed by atoms with Gasteiger partial charge in [-0.1, -0.05) is 0 Å². The molecule has 0 aliphatic rings. The number of methoxy groups -OCH3 is 1. The van der Waals surface area contributed by atoms with Gasteiger partial charge in [-0.05, 0) is 66.9 Å². The van der Waals surface area contributed by atoms with Crippen LogP contribution in [-0.2, 0) is 6.42 Å². The molecule has 7 nitrogen and oxygen atoms in total. The summed E-state index contributed by atoms with van der Waals surface area (Å²) in [7, 11) is 1.69. The summed E-state index contributed by atoms with van der Waals surface area (Å²) in [4.78, 5) is 15.5. The zero-order chi connectivity index (χ0) is 21.2. The molecular formula is C24H24N6O. The molecule has 3 aromatic heterocycles. The SMILES string of the molecule is COc1ccc2[nH]cc(CCNc3nccc(Nc4ccc5[nH]cc(C)c5c4)n3)c2c1. The normalized spacial score (nSPS) is 11.2. The first-order chi connectivity index (χ1) is 15.2. The average Bonchev–Trinajstić information content (AvgIpc) is 3.37. The average molecular weight is 412 g/mol. The maximum Gasteiger partial charge on any atom is 0.224 e. The Labute approximate surface area is 179 Å². The third kappa shape index (κ3) is 3.90. The molecule has 0 saturated heterocycles. The van der Waals surface area contributed by atoms with Crippen LogP contribution in [0.4, 0.5) is 17.5 Å². The fourth-order valence-electron chi connectivity index (χ4n) is 3.80. The lowest BCUT2D eigenvalue weighted by Crippen LogP contribution is -2.08. The number of hydrogen-bond acceptors (Lipinski definition) is 5. The number of rotatable bonds is 7. The zero-order valence-corrected chi connectivity index (χ0v) is 17.5. The molecule has 0 saturated carbocycles. The number of ether oxygens (including phenoxy) is 1. The first-order valence-electron chi connectivity index (χ1n) is 10.3. The molecule has 5 aromatic rings. The van der Waals surface area contributed by atoms with Gasteiger partial charge in [-0.2, -0.15) is 4.98 Å². The van der Waals surface area contributed by atoms with E-state index in [1.807, 2.05) is 36.7 Å². The van der Waals surface area contributed by atoms with Crippen LogP contribution < -0.4 is 15.4 Å². The van der Waals surface area contributed by atoms with E-state index in [1.54, 1.807) is 13.3 Å². The first-order valence-corrected chi connectivity index (χ1v) is 10.3. The van der Waals surface area contributed by atoms with Crippen LogP contribution >= 0.6 is 0 Å². The van der Waals surface area contributed by atoms with Crippen molar-refractivity contribution >= 4 is 39.3 Å². The second-order valence-corrected chi connectivity index (χ2v) is 7.52. The Kier molecular flexibility index (Phi) is 4.92. The quantitative estimate of drug-likeness (QED) is 0.297. The number of aromatic amines is 2. The van der Waals surface area contributed by atoms with Crippen molar-refractivity contribution in [2.75, 3.05) is 24.3 Å². The lowest BCUT2D eigenvalue weighted by molar-refractivity contribution is 0.415. The Bertz CT molecular complexity index is 1350. The van der Waals surface area contributed by atoms with Crippen molar-refractivity contribution in [2.45, 2.75) is 13.3 Å². The number of aryl methyl sites for hydroxylation is 1. The molecular weight excluding hydrogens is 388 g/mol. The van der Waals surface area contributed by atoms with Crippen molar-refractivity contribution in [3.05, 3.63) is 72.2 Å². The molecule has 0 amide bonds. The maximum absolute atomic E-state index is 5.35. The van der Waals surface area contributed by atoms with Crippen molar-refractivity contribution in [2.24, 2.45) is 0 Å². The smallest absolute Gasteiger partial charge is 0.224 e. The lowest BCUT2D eigenvalue weighted by Gasteiger charge is -2.09. The lowest BCUT2D eigenvalue weighted by atomic mass is 10.1. The molecule has 3 heterocycles. The molecule has 2 aromatic carbocycles. The Morgan fingerprint density at radius 1 is 0.968 bits per heavy atom. The van der Waals surface area contributed by atoms with Crippen molar-refractivity contribution in [3.63, 3.8) is 0 Å².